The number of nitrogens with zero attached hydrogens (tertiary/aromatic N) is 6. The largest absolute Gasteiger partial charge is 0.462 e. The van der Waals surface area contributed by atoms with Crippen LogP contribution in [-0.4, -0.2) is 77.6 Å². The second kappa shape index (κ2) is 10.9. The van der Waals surface area contributed by atoms with Crippen LogP contribution in [-0.2, 0) is 23.1 Å². The summed E-state index contributed by atoms with van der Waals surface area (Å²) >= 11 is 0. The summed E-state index contributed by atoms with van der Waals surface area (Å²) in [6, 6.07) is 10.6. The Hall–Kier alpha value is -3.77. The fraction of sp³-hybridized carbons (Fsp3) is 0.500. The van der Waals surface area contributed by atoms with Gasteiger partial charge in [0, 0.05) is 37.7 Å². The number of carbonyl (C=O) groups excluding carboxylic acids is 1. The summed E-state index contributed by atoms with van der Waals surface area (Å²) in [5, 5.41) is 9.50. The Morgan fingerprint density at radius 3 is 2.85 bits per heavy atom. The first kappa shape index (κ1) is 27.4. The second-order valence-electron chi connectivity index (χ2n) is 11.8. The fourth-order valence-corrected chi connectivity index (χ4v) is 7.27. The number of hydrogen-bond acceptors (Lipinski definition) is 7. The van der Waals surface area contributed by atoms with E-state index >= 15 is 4.39 Å². The first-order valence-electron chi connectivity index (χ1n) is 14.6. The number of ether oxygens (including phenoxy) is 1. The highest BCUT2D eigenvalue weighted by Crippen LogP contribution is 2.54. The van der Waals surface area contributed by atoms with Crippen molar-refractivity contribution < 1.29 is 13.9 Å². The minimum absolute atomic E-state index is 0.0646. The summed E-state index contributed by atoms with van der Waals surface area (Å²) in [4.78, 5) is 28.5. The molecule has 41 heavy (non-hydrogen) atoms. The lowest BCUT2D eigenvalue weighted by molar-refractivity contribution is -0.128. The van der Waals surface area contributed by atoms with Crippen molar-refractivity contribution in [1.29, 1.82) is 5.26 Å². The number of piperazine rings is 1. The van der Waals surface area contributed by atoms with Crippen molar-refractivity contribution in [3.63, 3.8) is 0 Å². The van der Waals surface area contributed by atoms with Crippen molar-refractivity contribution in [2.75, 3.05) is 44.7 Å². The minimum Gasteiger partial charge on any atom is -0.462 e. The number of likely N-dealkylation sites (N-methyl/N-ethyl adjacent to an activating group) is 1. The Balaban J connectivity index is 1.37. The van der Waals surface area contributed by atoms with Gasteiger partial charge in [-0.15, -0.1) is 0 Å². The zero-order valence-electron chi connectivity index (χ0n) is 23.9. The summed E-state index contributed by atoms with van der Waals surface area (Å²) in [6.45, 7) is 8.55. The van der Waals surface area contributed by atoms with Gasteiger partial charge in [0.05, 0.1) is 29.6 Å². The first-order valence-corrected chi connectivity index (χ1v) is 14.6. The SMILES string of the molecule is C=CC(=O)N1CCN(c2nc(OC[C@@H]3CCCN3C)nc3c2CC[C@]2(C3)C(F)=C(C)c3ccccc32)C[C@@H]1CC#N. The number of hydrogen-bond donors (Lipinski definition) is 0. The maximum atomic E-state index is 16.1. The molecule has 2 saturated heterocycles. The van der Waals surface area contributed by atoms with Crippen LogP contribution in [0.3, 0.4) is 0 Å². The van der Waals surface area contributed by atoms with E-state index in [1.807, 2.05) is 31.2 Å². The molecule has 1 aromatic heterocycles. The molecule has 2 aliphatic carbocycles. The summed E-state index contributed by atoms with van der Waals surface area (Å²) in [6.07, 6.45) is 5.42. The van der Waals surface area contributed by atoms with Gasteiger partial charge in [-0.2, -0.15) is 15.2 Å². The molecule has 6 rings (SSSR count). The molecule has 2 aliphatic heterocycles. The smallest absolute Gasteiger partial charge is 0.318 e. The number of likely N-dealkylation sites (tertiary alicyclic amines) is 1. The number of fused-ring (bicyclic) bond motifs is 3. The van der Waals surface area contributed by atoms with Crippen LogP contribution in [0.15, 0.2) is 42.7 Å². The predicted octanol–water partition coefficient (Wildman–Crippen LogP) is 4.21. The highest BCUT2D eigenvalue weighted by molar-refractivity contribution is 5.87. The number of aromatic nitrogens is 2. The maximum Gasteiger partial charge on any atom is 0.318 e. The van der Waals surface area contributed by atoms with Gasteiger partial charge in [0.15, 0.2) is 0 Å². The van der Waals surface area contributed by atoms with Crippen LogP contribution in [0.2, 0.25) is 0 Å². The molecule has 2 aromatic rings. The number of benzene rings is 1. The predicted molar refractivity (Wildman–Crippen MR) is 155 cm³/mol. The lowest BCUT2D eigenvalue weighted by Gasteiger charge is -2.42. The number of halogens is 1. The lowest BCUT2D eigenvalue weighted by Crippen LogP contribution is -2.55. The Bertz CT molecular complexity index is 1450. The van der Waals surface area contributed by atoms with E-state index in [1.165, 1.54) is 6.08 Å². The molecule has 1 amide bonds. The minimum atomic E-state index is -0.735. The van der Waals surface area contributed by atoms with Crippen molar-refractivity contribution in [1.82, 2.24) is 19.8 Å². The quantitative estimate of drug-likeness (QED) is 0.493. The van der Waals surface area contributed by atoms with Crippen molar-refractivity contribution in [3.8, 4) is 12.1 Å². The van der Waals surface area contributed by atoms with Crippen molar-refractivity contribution in [2.45, 2.75) is 62.9 Å². The third kappa shape index (κ3) is 4.68. The average Bonchev–Trinajstić information content (AvgIpc) is 3.50. The van der Waals surface area contributed by atoms with Gasteiger partial charge in [-0.05, 0) is 69.0 Å². The fourth-order valence-electron chi connectivity index (χ4n) is 7.27. The number of anilines is 1. The summed E-state index contributed by atoms with van der Waals surface area (Å²) in [7, 11) is 2.11. The van der Waals surface area contributed by atoms with Gasteiger partial charge in [0.2, 0.25) is 5.91 Å². The van der Waals surface area contributed by atoms with E-state index < -0.39 is 5.41 Å². The number of rotatable bonds is 6. The summed E-state index contributed by atoms with van der Waals surface area (Å²) in [5.74, 6) is 0.546. The first-order chi connectivity index (χ1) is 19.9. The van der Waals surface area contributed by atoms with Gasteiger partial charge in [-0.3, -0.25) is 4.79 Å². The van der Waals surface area contributed by atoms with Crippen LogP contribution >= 0.6 is 0 Å². The van der Waals surface area contributed by atoms with Crippen molar-refractivity contribution in [2.24, 2.45) is 0 Å². The Morgan fingerprint density at radius 1 is 1.27 bits per heavy atom. The molecule has 3 atom stereocenters. The molecular formula is C32H37FN6O2. The number of amides is 1. The van der Waals surface area contributed by atoms with Crippen LogP contribution in [0.25, 0.3) is 5.57 Å². The Kier molecular flexibility index (Phi) is 7.28. The van der Waals surface area contributed by atoms with Crippen LogP contribution in [0, 0.1) is 11.3 Å². The van der Waals surface area contributed by atoms with Crippen LogP contribution < -0.4 is 9.64 Å². The van der Waals surface area contributed by atoms with E-state index in [0.29, 0.717) is 63.1 Å². The molecule has 3 heterocycles. The maximum absolute atomic E-state index is 16.1. The molecule has 2 fully saturated rings. The average molecular weight is 557 g/mol. The van der Waals surface area contributed by atoms with Gasteiger partial charge in [0.1, 0.15) is 18.3 Å². The molecule has 1 spiro atoms. The molecule has 0 bridgehead atoms. The highest BCUT2D eigenvalue weighted by atomic mass is 19.1. The molecule has 0 saturated carbocycles. The summed E-state index contributed by atoms with van der Waals surface area (Å²) in [5.41, 5.74) is 3.81. The van der Waals surface area contributed by atoms with Crippen LogP contribution in [0.4, 0.5) is 10.2 Å². The molecule has 4 aliphatic rings. The van der Waals surface area contributed by atoms with Gasteiger partial charge < -0.3 is 19.4 Å². The molecule has 9 heteroatoms. The zero-order chi connectivity index (χ0) is 28.7. The van der Waals surface area contributed by atoms with E-state index in [0.717, 1.165) is 47.6 Å². The van der Waals surface area contributed by atoms with Gasteiger partial charge in [-0.25, -0.2) is 4.39 Å². The lowest BCUT2D eigenvalue weighted by atomic mass is 9.69. The topological polar surface area (TPSA) is 85.6 Å². The molecule has 214 valence electrons. The molecule has 1 aromatic carbocycles. The van der Waals surface area contributed by atoms with Gasteiger partial charge >= 0.3 is 6.01 Å². The van der Waals surface area contributed by atoms with Gasteiger partial charge in [0.25, 0.3) is 0 Å². The molecule has 0 unspecified atom stereocenters. The third-order valence-electron chi connectivity index (χ3n) is 9.56. The van der Waals surface area contributed by atoms with Crippen molar-refractivity contribution in [3.05, 3.63) is 65.1 Å². The number of carbonyl (C=O) groups is 1. The highest BCUT2D eigenvalue weighted by Gasteiger charge is 2.48. The second-order valence-corrected chi connectivity index (χ2v) is 11.8. The van der Waals surface area contributed by atoms with E-state index in [4.69, 9.17) is 14.7 Å². The number of allylic oxidation sites excluding steroid dienone is 2. The third-order valence-corrected chi connectivity index (χ3v) is 9.56. The standard InChI is InChI=1S/C32H37FN6O2/c1-4-28(40)39-17-16-38(19-22(39)12-14-34)30-25-11-13-32(26-10-6-5-9-24(26)21(2)29(32)33)18-27(25)35-31(36-30)41-20-23-8-7-15-37(23)3/h4-6,9-10,22-23H,1,7-8,11-13,15-20H2,2-3H3/t22-,23-,32+/m0/s1. The van der Waals surface area contributed by atoms with E-state index in [2.05, 4.69) is 29.5 Å². The van der Waals surface area contributed by atoms with E-state index in [1.54, 1.807) is 4.90 Å². The molecule has 0 N–H and O–H groups in total. The van der Waals surface area contributed by atoms with Crippen LogP contribution in [0.1, 0.15) is 55.0 Å². The molecule has 0 radical (unpaired) electrons. The van der Waals surface area contributed by atoms with E-state index in [9.17, 15) is 10.1 Å². The summed E-state index contributed by atoms with van der Waals surface area (Å²) < 4.78 is 22.3. The van der Waals surface area contributed by atoms with Crippen LogP contribution in [0.5, 0.6) is 6.01 Å². The van der Waals surface area contributed by atoms with Crippen molar-refractivity contribution >= 4 is 17.3 Å². The monoisotopic (exact) mass is 556 g/mol. The van der Waals surface area contributed by atoms with E-state index in [-0.39, 0.29) is 24.2 Å². The molecular weight excluding hydrogens is 519 g/mol. The Labute approximate surface area is 241 Å². The molecule has 8 nitrogen and oxygen atoms in total. The number of nitriles is 1. The zero-order valence-corrected chi connectivity index (χ0v) is 23.9. The van der Waals surface area contributed by atoms with Gasteiger partial charge in [-0.1, -0.05) is 30.8 Å². The Morgan fingerprint density at radius 2 is 2.10 bits per heavy atom. The normalized spacial score (nSPS) is 25.7.